The molecule has 0 spiro atoms. The van der Waals surface area contributed by atoms with E-state index < -0.39 is 12.0 Å². The van der Waals surface area contributed by atoms with Gasteiger partial charge in [0.25, 0.3) is 0 Å². The van der Waals surface area contributed by atoms with E-state index in [4.69, 9.17) is 5.11 Å². The van der Waals surface area contributed by atoms with Gasteiger partial charge in [-0.3, -0.25) is 10.1 Å². The van der Waals surface area contributed by atoms with E-state index in [0.29, 0.717) is 0 Å². The van der Waals surface area contributed by atoms with Crippen molar-refractivity contribution in [3.63, 3.8) is 0 Å². The van der Waals surface area contributed by atoms with E-state index in [-0.39, 0.29) is 6.04 Å². The molecule has 0 bridgehead atoms. The summed E-state index contributed by atoms with van der Waals surface area (Å²) in [6.07, 6.45) is 0. The summed E-state index contributed by atoms with van der Waals surface area (Å²) in [5.41, 5.74) is 3.53. The first kappa shape index (κ1) is 12.7. The molecule has 0 amide bonds. The molecule has 1 aromatic rings. The Bertz CT molecular complexity index is 367. The molecule has 0 saturated heterocycles. The third-order valence-corrected chi connectivity index (χ3v) is 2.61. The van der Waals surface area contributed by atoms with Crippen molar-refractivity contribution in [3.8, 4) is 0 Å². The van der Waals surface area contributed by atoms with Gasteiger partial charge in [-0.2, -0.15) is 0 Å². The maximum Gasteiger partial charge on any atom is 0.320 e. The smallest absolute Gasteiger partial charge is 0.320 e. The highest BCUT2D eigenvalue weighted by Crippen LogP contribution is 2.17. The lowest BCUT2D eigenvalue weighted by atomic mass is 10.0. The molecule has 2 unspecified atom stereocenters. The molecule has 1 rings (SSSR count). The van der Waals surface area contributed by atoms with Crippen LogP contribution in [0.2, 0.25) is 0 Å². The SMILES string of the molecule is Cc1cc(C)cc(C(C)NC(C)C(=O)O)c1. The second-order valence-corrected chi connectivity index (χ2v) is 4.37. The van der Waals surface area contributed by atoms with Crippen LogP contribution in [0.5, 0.6) is 0 Å². The maximum absolute atomic E-state index is 10.7. The lowest BCUT2D eigenvalue weighted by molar-refractivity contribution is -0.139. The average Bonchev–Trinajstić information content (AvgIpc) is 2.15. The van der Waals surface area contributed by atoms with Crippen molar-refractivity contribution < 1.29 is 9.90 Å². The van der Waals surface area contributed by atoms with E-state index in [9.17, 15) is 4.79 Å². The van der Waals surface area contributed by atoms with E-state index in [1.165, 1.54) is 11.1 Å². The molecule has 1 aromatic carbocycles. The molecule has 0 aliphatic carbocycles. The Morgan fingerprint density at radius 1 is 1.19 bits per heavy atom. The van der Waals surface area contributed by atoms with Gasteiger partial charge in [-0.15, -0.1) is 0 Å². The number of carboxylic acids is 1. The zero-order valence-electron chi connectivity index (χ0n) is 10.2. The van der Waals surface area contributed by atoms with Crippen LogP contribution < -0.4 is 5.32 Å². The number of aryl methyl sites for hydroxylation is 2. The lowest BCUT2D eigenvalue weighted by Gasteiger charge is -2.18. The van der Waals surface area contributed by atoms with Gasteiger partial charge in [-0.25, -0.2) is 0 Å². The summed E-state index contributed by atoms with van der Waals surface area (Å²) in [6, 6.07) is 5.79. The van der Waals surface area contributed by atoms with Gasteiger partial charge in [0.1, 0.15) is 6.04 Å². The summed E-state index contributed by atoms with van der Waals surface area (Å²) >= 11 is 0. The second-order valence-electron chi connectivity index (χ2n) is 4.37. The molecule has 0 heterocycles. The van der Waals surface area contributed by atoms with Crippen LogP contribution >= 0.6 is 0 Å². The van der Waals surface area contributed by atoms with Gasteiger partial charge in [-0.05, 0) is 33.3 Å². The molecule has 0 aromatic heterocycles. The summed E-state index contributed by atoms with van der Waals surface area (Å²) in [5.74, 6) is -0.823. The Balaban J connectivity index is 2.80. The van der Waals surface area contributed by atoms with E-state index in [0.717, 1.165) is 5.56 Å². The molecule has 2 atom stereocenters. The van der Waals surface area contributed by atoms with Gasteiger partial charge in [0.2, 0.25) is 0 Å². The van der Waals surface area contributed by atoms with E-state index >= 15 is 0 Å². The van der Waals surface area contributed by atoms with Crippen LogP contribution in [0.4, 0.5) is 0 Å². The Kier molecular flexibility index (Phi) is 4.07. The van der Waals surface area contributed by atoms with Crippen molar-refractivity contribution in [1.29, 1.82) is 0 Å². The topological polar surface area (TPSA) is 49.3 Å². The highest BCUT2D eigenvalue weighted by Gasteiger charge is 2.14. The summed E-state index contributed by atoms with van der Waals surface area (Å²) in [4.78, 5) is 10.7. The second kappa shape index (κ2) is 5.12. The third-order valence-electron chi connectivity index (χ3n) is 2.61. The highest BCUT2D eigenvalue weighted by atomic mass is 16.4. The van der Waals surface area contributed by atoms with E-state index in [1.54, 1.807) is 6.92 Å². The van der Waals surface area contributed by atoms with Gasteiger partial charge in [-0.1, -0.05) is 29.3 Å². The molecule has 0 radical (unpaired) electrons. The fourth-order valence-electron chi connectivity index (χ4n) is 1.80. The van der Waals surface area contributed by atoms with E-state index in [2.05, 4.69) is 23.5 Å². The fraction of sp³-hybridized carbons (Fsp3) is 0.462. The molecule has 2 N–H and O–H groups in total. The summed E-state index contributed by atoms with van der Waals surface area (Å²) in [7, 11) is 0. The number of carboxylic acid groups (broad SMARTS) is 1. The van der Waals surface area contributed by atoms with Gasteiger partial charge >= 0.3 is 5.97 Å². The maximum atomic E-state index is 10.7. The van der Waals surface area contributed by atoms with E-state index in [1.807, 2.05) is 20.8 Å². The fourth-order valence-corrected chi connectivity index (χ4v) is 1.80. The zero-order chi connectivity index (χ0) is 12.3. The summed E-state index contributed by atoms with van der Waals surface area (Å²) in [5, 5.41) is 11.9. The molecule has 0 aliphatic heterocycles. The quantitative estimate of drug-likeness (QED) is 0.821. The molecular formula is C13H19NO2. The van der Waals surface area contributed by atoms with Crippen molar-refractivity contribution in [2.24, 2.45) is 0 Å². The number of nitrogens with one attached hydrogen (secondary N) is 1. The summed E-state index contributed by atoms with van der Waals surface area (Å²) < 4.78 is 0. The van der Waals surface area contributed by atoms with Crippen molar-refractivity contribution in [2.75, 3.05) is 0 Å². The van der Waals surface area contributed by atoms with Crippen LogP contribution in [-0.4, -0.2) is 17.1 Å². The molecule has 0 saturated carbocycles. The number of rotatable bonds is 4. The molecule has 3 nitrogen and oxygen atoms in total. The van der Waals surface area contributed by atoms with Crippen LogP contribution in [-0.2, 0) is 4.79 Å². The van der Waals surface area contributed by atoms with Crippen molar-refractivity contribution in [2.45, 2.75) is 39.8 Å². The monoisotopic (exact) mass is 221 g/mol. The average molecular weight is 221 g/mol. The first-order valence-electron chi connectivity index (χ1n) is 5.47. The number of aliphatic carboxylic acids is 1. The number of hydrogen-bond acceptors (Lipinski definition) is 2. The summed E-state index contributed by atoms with van der Waals surface area (Å²) in [6.45, 7) is 7.73. The first-order valence-corrected chi connectivity index (χ1v) is 5.47. The Morgan fingerprint density at radius 2 is 1.69 bits per heavy atom. The minimum atomic E-state index is -0.823. The molecule has 3 heteroatoms. The predicted molar refractivity (Wildman–Crippen MR) is 64.6 cm³/mol. The number of carbonyl (C=O) groups is 1. The molecule has 88 valence electrons. The molecular weight excluding hydrogens is 202 g/mol. The first-order chi connectivity index (χ1) is 7.40. The molecule has 0 fully saturated rings. The largest absolute Gasteiger partial charge is 0.480 e. The van der Waals surface area contributed by atoms with Crippen LogP contribution in [0.1, 0.15) is 36.6 Å². The number of hydrogen-bond donors (Lipinski definition) is 2. The molecule has 0 aliphatic rings. The van der Waals surface area contributed by atoms with Gasteiger partial charge in [0.15, 0.2) is 0 Å². The van der Waals surface area contributed by atoms with Crippen LogP contribution in [0.3, 0.4) is 0 Å². The highest BCUT2D eigenvalue weighted by molar-refractivity contribution is 5.72. The van der Waals surface area contributed by atoms with Gasteiger partial charge in [0.05, 0.1) is 0 Å². The van der Waals surface area contributed by atoms with Gasteiger partial charge < -0.3 is 5.11 Å². The standard InChI is InChI=1S/C13H19NO2/c1-8-5-9(2)7-12(6-8)10(3)14-11(4)13(15)16/h5-7,10-11,14H,1-4H3,(H,15,16). The normalized spacial score (nSPS) is 14.5. The van der Waals surface area contributed by atoms with Crippen LogP contribution in [0, 0.1) is 13.8 Å². The van der Waals surface area contributed by atoms with Gasteiger partial charge in [0, 0.05) is 6.04 Å². The Hall–Kier alpha value is -1.35. The zero-order valence-corrected chi connectivity index (χ0v) is 10.2. The third kappa shape index (κ3) is 3.35. The predicted octanol–water partition coefficient (Wildman–Crippen LogP) is 2.43. The Morgan fingerprint density at radius 3 is 2.12 bits per heavy atom. The molecule has 16 heavy (non-hydrogen) atoms. The minimum Gasteiger partial charge on any atom is -0.480 e. The van der Waals surface area contributed by atoms with Crippen LogP contribution in [0.15, 0.2) is 18.2 Å². The Labute approximate surface area is 96.5 Å². The minimum absolute atomic E-state index is 0.0460. The van der Waals surface area contributed by atoms with Crippen molar-refractivity contribution in [3.05, 3.63) is 34.9 Å². The van der Waals surface area contributed by atoms with Crippen molar-refractivity contribution >= 4 is 5.97 Å². The van der Waals surface area contributed by atoms with Crippen LogP contribution in [0.25, 0.3) is 0 Å². The number of benzene rings is 1. The van der Waals surface area contributed by atoms with Crippen molar-refractivity contribution in [1.82, 2.24) is 5.32 Å². The lowest BCUT2D eigenvalue weighted by Crippen LogP contribution is -2.35.